The number of hydrogen-bond donors (Lipinski definition) is 2. The molecule has 26 heavy (non-hydrogen) atoms. The van der Waals surface area contributed by atoms with Gasteiger partial charge in [0.1, 0.15) is 0 Å². The highest BCUT2D eigenvalue weighted by Gasteiger charge is 2.39. The Morgan fingerprint density at radius 1 is 1.31 bits per heavy atom. The van der Waals surface area contributed by atoms with Crippen LogP contribution in [0.5, 0.6) is 0 Å². The largest absolute Gasteiger partial charge is 0.349 e. The summed E-state index contributed by atoms with van der Waals surface area (Å²) < 4.78 is 0. The molecule has 8 nitrogen and oxygen atoms in total. The summed E-state index contributed by atoms with van der Waals surface area (Å²) in [6.07, 6.45) is 4.05. The molecule has 2 unspecified atom stereocenters. The van der Waals surface area contributed by atoms with Gasteiger partial charge in [-0.25, -0.2) is 9.97 Å². The van der Waals surface area contributed by atoms with E-state index in [-0.39, 0.29) is 23.8 Å². The average Bonchev–Trinajstić information content (AvgIpc) is 3.21. The van der Waals surface area contributed by atoms with Crippen LogP contribution in [0.15, 0.2) is 18.6 Å². The van der Waals surface area contributed by atoms with Crippen molar-refractivity contribution in [1.82, 2.24) is 30.1 Å². The Hall–Kier alpha value is -2.48. The van der Waals surface area contributed by atoms with Crippen LogP contribution in [0.4, 0.5) is 0 Å². The van der Waals surface area contributed by atoms with E-state index in [4.69, 9.17) is 0 Å². The molecule has 0 spiro atoms. The summed E-state index contributed by atoms with van der Waals surface area (Å²) in [6.45, 7) is 5.29. The van der Waals surface area contributed by atoms with E-state index in [0.29, 0.717) is 17.1 Å². The minimum absolute atomic E-state index is 0.00951. The fourth-order valence-corrected chi connectivity index (χ4v) is 3.77. The van der Waals surface area contributed by atoms with Crippen LogP contribution >= 0.6 is 0 Å². The van der Waals surface area contributed by atoms with Crippen molar-refractivity contribution >= 4 is 23.0 Å². The number of amides is 2. The van der Waals surface area contributed by atoms with Crippen LogP contribution < -0.4 is 5.32 Å². The van der Waals surface area contributed by atoms with Gasteiger partial charge in [-0.3, -0.25) is 9.59 Å². The fourth-order valence-electron chi connectivity index (χ4n) is 3.77. The van der Waals surface area contributed by atoms with Crippen LogP contribution in [0, 0.1) is 11.8 Å². The van der Waals surface area contributed by atoms with Gasteiger partial charge in [-0.1, -0.05) is 0 Å². The van der Waals surface area contributed by atoms with Crippen molar-refractivity contribution in [2.45, 2.75) is 19.4 Å². The molecule has 2 atom stereocenters. The maximum atomic E-state index is 12.5. The highest BCUT2D eigenvalue weighted by molar-refractivity contribution is 5.96. The number of fused-ring (bicyclic) bond motifs is 1. The van der Waals surface area contributed by atoms with Gasteiger partial charge in [-0.15, -0.1) is 0 Å². The third-order valence-electron chi connectivity index (χ3n) is 5.56. The Morgan fingerprint density at radius 2 is 2.12 bits per heavy atom. The maximum Gasteiger partial charge on any atom is 0.253 e. The highest BCUT2D eigenvalue weighted by atomic mass is 16.2. The van der Waals surface area contributed by atoms with Crippen LogP contribution in [0.3, 0.4) is 0 Å². The molecular formula is C18H24N6O2. The molecule has 138 valence electrons. The van der Waals surface area contributed by atoms with Gasteiger partial charge in [-0.05, 0) is 33.0 Å². The number of imidazole rings is 1. The molecule has 0 radical (unpaired) electrons. The molecule has 4 heterocycles. The number of nitrogens with one attached hydrogen (secondary N) is 2. The lowest BCUT2D eigenvalue weighted by Crippen LogP contribution is -2.58. The quantitative estimate of drug-likeness (QED) is 0.831. The van der Waals surface area contributed by atoms with Gasteiger partial charge in [0.2, 0.25) is 5.91 Å². The van der Waals surface area contributed by atoms with Crippen molar-refractivity contribution in [2.75, 3.05) is 33.2 Å². The van der Waals surface area contributed by atoms with Gasteiger partial charge >= 0.3 is 0 Å². The molecule has 2 fully saturated rings. The molecule has 2 aliphatic heterocycles. The first-order chi connectivity index (χ1) is 12.5. The molecule has 4 rings (SSSR count). The summed E-state index contributed by atoms with van der Waals surface area (Å²) in [4.78, 5) is 40.2. The predicted octanol–water partition coefficient (Wildman–Crippen LogP) is 0.486. The number of rotatable bonds is 4. The maximum absolute atomic E-state index is 12.5. The number of nitrogens with zero attached hydrogens (tertiary/aromatic N) is 4. The van der Waals surface area contributed by atoms with Gasteiger partial charge in [0.15, 0.2) is 5.65 Å². The summed E-state index contributed by atoms with van der Waals surface area (Å²) in [6, 6.07) is 1.76. The lowest BCUT2D eigenvalue weighted by Gasteiger charge is -2.43. The van der Waals surface area contributed by atoms with Crippen molar-refractivity contribution in [3.8, 4) is 0 Å². The van der Waals surface area contributed by atoms with E-state index < -0.39 is 0 Å². The van der Waals surface area contributed by atoms with E-state index in [0.717, 1.165) is 38.1 Å². The van der Waals surface area contributed by atoms with E-state index in [1.807, 2.05) is 11.8 Å². The Bertz CT molecular complexity index is 828. The van der Waals surface area contributed by atoms with Crippen LogP contribution in [-0.2, 0) is 4.79 Å². The molecule has 2 aromatic heterocycles. The molecule has 0 bridgehead atoms. The van der Waals surface area contributed by atoms with Gasteiger partial charge in [0.05, 0.1) is 23.3 Å². The zero-order chi connectivity index (χ0) is 18.3. The van der Waals surface area contributed by atoms with Crippen molar-refractivity contribution in [3.05, 3.63) is 24.2 Å². The third-order valence-corrected chi connectivity index (χ3v) is 5.56. The van der Waals surface area contributed by atoms with Crippen LogP contribution in [0.1, 0.15) is 23.7 Å². The molecule has 2 N–H and O–H groups in total. The number of pyridine rings is 1. The first-order valence-corrected chi connectivity index (χ1v) is 9.08. The first kappa shape index (κ1) is 17.0. The second-order valence-corrected chi connectivity index (χ2v) is 7.51. The van der Waals surface area contributed by atoms with Gasteiger partial charge in [0, 0.05) is 37.8 Å². The number of hydrogen-bond acceptors (Lipinski definition) is 5. The van der Waals surface area contributed by atoms with E-state index in [1.54, 1.807) is 18.6 Å². The lowest BCUT2D eigenvalue weighted by molar-refractivity contribution is -0.142. The number of carbonyl (C=O) groups is 2. The van der Waals surface area contributed by atoms with E-state index in [1.165, 1.54) is 0 Å². The van der Waals surface area contributed by atoms with E-state index >= 15 is 0 Å². The zero-order valence-electron chi connectivity index (χ0n) is 15.1. The van der Waals surface area contributed by atoms with Gasteiger partial charge in [-0.2, -0.15) is 0 Å². The Balaban J connectivity index is 1.29. The van der Waals surface area contributed by atoms with Crippen molar-refractivity contribution in [1.29, 1.82) is 0 Å². The van der Waals surface area contributed by atoms with Crippen molar-refractivity contribution in [2.24, 2.45) is 11.8 Å². The van der Waals surface area contributed by atoms with Crippen molar-refractivity contribution < 1.29 is 9.59 Å². The van der Waals surface area contributed by atoms with E-state index in [2.05, 4.69) is 32.2 Å². The third kappa shape index (κ3) is 3.16. The Morgan fingerprint density at radius 3 is 2.85 bits per heavy atom. The predicted molar refractivity (Wildman–Crippen MR) is 96.5 cm³/mol. The highest BCUT2D eigenvalue weighted by Crippen LogP contribution is 2.25. The number of aromatic amines is 1. The second kappa shape index (κ2) is 6.68. The van der Waals surface area contributed by atoms with Crippen LogP contribution in [0.25, 0.3) is 11.2 Å². The smallest absolute Gasteiger partial charge is 0.253 e. The molecule has 2 aliphatic rings. The first-order valence-electron chi connectivity index (χ1n) is 9.08. The van der Waals surface area contributed by atoms with Crippen LogP contribution in [0.2, 0.25) is 0 Å². The van der Waals surface area contributed by atoms with Crippen molar-refractivity contribution in [3.63, 3.8) is 0 Å². The number of H-pyrrole nitrogens is 1. The summed E-state index contributed by atoms with van der Waals surface area (Å²) >= 11 is 0. The lowest BCUT2D eigenvalue weighted by atomic mass is 9.90. The van der Waals surface area contributed by atoms with Gasteiger partial charge in [0.25, 0.3) is 5.91 Å². The molecule has 8 heteroatoms. The number of aromatic nitrogens is 3. The standard InChI is InChI=1S/C18H24N6O2/c1-11(14-8-24(9-14)18(26)12-3-4-23(2)7-12)22-17(25)13-5-15-16(19-6-13)21-10-20-15/h5-6,10-12,14H,3-4,7-9H2,1-2H3,(H,22,25)(H,19,20,21). The van der Waals surface area contributed by atoms with Crippen LogP contribution in [-0.4, -0.2) is 75.8 Å². The zero-order valence-corrected chi connectivity index (χ0v) is 15.1. The SMILES string of the molecule is CC(NC(=O)c1cnc2nc[nH]c2c1)C1CN(C(=O)C2CCN(C)C2)C1. The summed E-state index contributed by atoms with van der Waals surface area (Å²) in [5, 5.41) is 3.03. The van der Waals surface area contributed by atoms with Gasteiger partial charge < -0.3 is 20.1 Å². The monoisotopic (exact) mass is 356 g/mol. The molecule has 2 amide bonds. The topological polar surface area (TPSA) is 94.2 Å². The molecule has 2 saturated heterocycles. The number of likely N-dealkylation sites (tertiary alicyclic amines) is 2. The molecule has 0 saturated carbocycles. The second-order valence-electron chi connectivity index (χ2n) is 7.51. The summed E-state index contributed by atoms with van der Waals surface area (Å²) in [5.41, 5.74) is 1.85. The molecule has 0 aliphatic carbocycles. The van der Waals surface area contributed by atoms with E-state index in [9.17, 15) is 9.59 Å². The molecular weight excluding hydrogens is 332 g/mol. The Labute approximate surface area is 152 Å². The summed E-state index contributed by atoms with van der Waals surface area (Å²) in [5.74, 6) is 0.547. The molecule has 0 aromatic carbocycles. The number of carbonyl (C=O) groups excluding carboxylic acids is 2. The normalized spacial score (nSPS) is 22.4. The minimum atomic E-state index is -0.149. The average molecular weight is 356 g/mol. The molecule has 2 aromatic rings. The summed E-state index contributed by atoms with van der Waals surface area (Å²) in [7, 11) is 2.05. The Kier molecular flexibility index (Phi) is 4.36. The minimum Gasteiger partial charge on any atom is -0.349 e. The fraction of sp³-hybridized carbons (Fsp3) is 0.556.